The van der Waals surface area contributed by atoms with Crippen LogP contribution < -0.4 is 0 Å². The second-order valence-corrected chi connectivity index (χ2v) is 1.96. The number of para-hydroxylation sites is 1. The molecule has 0 saturated heterocycles. The third-order valence-electron chi connectivity index (χ3n) is 1.36. The van der Waals surface area contributed by atoms with E-state index in [-0.39, 0.29) is 17.4 Å². The molecule has 1 heterocycles. The number of fused-ring (bicyclic) bond motifs is 1. The Hall–Kier alpha value is -1.49. The average molecular weight is 254 g/mol. The van der Waals surface area contributed by atoms with Crippen LogP contribution in [0.25, 0.3) is 11.0 Å². The van der Waals surface area contributed by atoms with Crippen molar-refractivity contribution in [2.45, 2.75) is 0 Å². The molecule has 0 amide bonds. The molecule has 0 atom stereocenters. The van der Waals surface area contributed by atoms with Gasteiger partial charge in [0, 0.05) is 22.7 Å². The van der Waals surface area contributed by atoms with Crippen molar-refractivity contribution in [2.75, 3.05) is 0 Å². The Morgan fingerprint density at radius 3 is 1.81 bits per heavy atom. The first-order valence-electron chi connectivity index (χ1n) is 3.50. The molecular weight excluding hydrogens is 248 g/mol. The molecule has 5 heteroatoms. The van der Waals surface area contributed by atoms with Gasteiger partial charge >= 0.3 is 33.9 Å². The van der Waals surface area contributed by atoms with E-state index in [1.807, 2.05) is 30.3 Å². The predicted molar refractivity (Wildman–Crippen MR) is 48.0 cm³/mol. The van der Waals surface area contributed by atoms with E-state index in [9.17, 15) is 0 Å². The summed E-state index contributed by atoms with van der Waals surface area (Å²) in [6.45, 7) is 13.5. The van der Waals surface area contributed by atoms with E-state index < -0.39 is 0 Å². The van der Waals surface area contributed by atoms with Gasteiger partial charge in [-0.25, -0.2) is 0 Å². The summed E-state index contributed by atoms with van der Waals surface area (Å²) in [7, 11) is 0. The van der Waals surface area contributed by atoms with Crippen LogP contribution >= 0.6 is 0 Å². The molecule has 1 aromatic heterocycles. The van der Waals surface area contributed by atoms with E-state index in [0.717, 1.165) is 11.0 Å². The van der Waals surface area contributed by atoms with Gasteiger partial charge in [-0.15, -0.1) is 0 Å². The molecular formula is C11H6CrO4. The Balaban J connectivity index is -0.000000214. The van der Waals surface area contributed by atoms with E-state index >= 15 is 0 Å². The van der Waals surface area contributed by atoms with Crippen LogP contribution in [0.5, 0.6) is 0 Å². The number of benzene rings is 1. The molecule has 0 N–H and O–H groups in total. The molecule has 1 aromatic carbocycles. The molecule has 0 radical (unpaired) electrons. The maximum atomic E-state index is 7.50. The summed E-state index contributed by atoms with van der Waals surface area (Å²) in [6, 6.07) is 9.90. The van der Waals surface area contributed by atoms with Crippen LogP contribution in [-0.2, 0) is 31.3 Å². The van der Waals surface area contributed by atoms with Crippen LogP contribution in [0.2, 0.25) is 0 Å². The Labute approximate surface area is 104 Å². The smallest absolute Gasteiger partial charge is 0.133 e. The standard InChI is InChI=1S/C8H6O.3CO.Cr/c1-2-4-8-7(3-1)5-6-9-8;3*1-2;/h1-6H;;;;. The van der Waals surface area contributed by atoms with Crippen molar-refractivity contribution < 1.29 is 35.7 Å². The molecule has 4 nitrogen and oxygen atoms in total. The van der Waals surface area contributed by atoms with Crippen LogP contribution in [0.4, 0.5) is 0 Å². The zero-order valence-electron chi connectivity index (χ0n) is 8.01. The van der Waals surface area contributed by atoms with Crippen molar-refractivity contribution in [1.29, 1.82) is 0 Å². The van der Waals surface area contributed by atoms with Crippen LogP contribution in [0.15, 0.2) is 41.0 Å². The number of rotatable bonds is 0. The quantitative estimate of drug-likeness (QED) is 0.525. The van der Waals surface area contributed by atoms with E-state index in [1.165, 1.54) is 0 Å². The van der Waals surface area contributed by atoms with Gasteiger partial charge in [0.15, 0.2) is 0 Å². The van der Waals surface area contributed by atoms with Gasteiger partial charge in [-0.1, -0.05) is 18.2 Å². The van der Waals surface area contributed by atoms with Crippen LogP contribution in [0.1, 0.15) is 0 Å². The fourth-order valence-corrected chi connectivity index (χ4v) is 0.906. The van der Waals surface area contributed by atoms with Gasteiger partial charge < -0.3 is 4.42 Å². The molecule has 0 aliphatic heterocycles. The zero-order valence-corrected chi connectivity index (χ0v) is 9.28. The van der Waals surface area contributed by atoms with Crippen LogP contribution in [0, 0.1) is 20.0 Å². The van der Waals surface area contributed by atoms with Gasteiger partial charge in [-0.3, -0.25) is 0 Å². The molecule has 80 valence electrons. The van der Waals surface area contributed by atoms with E-state index in [4.69, 9.17) is 18.4 Å². The van der Waals surface area contributed by atoms with Crippen LogP contribution in [-0.4, -0.2) is 0 Å². The van der Waals surface area contributed by atoms with E-state index in [0.29, 0.717) is 0 Å². The van der Waals surface area contributed by atoms with Gasteiger partial charge in [-0.2, -0.15) is 0 Å². The van der Waals surface area contributed by atoms with Gasteiger partial charge in [0.05, 0.1) is 6.26 Å². The monoisotopic (exact) mass is 254 g/mol. The minimum absolute atomic E-state index is 0. The van der Waals surface area contributed by atoms with Crippen molar-refractivity contribution in [3.8, 4) is 0 Å². The fourth-order valence-electron chi connectivity index (χ4n) is 0.906. The Morgan fingerprint density at radius 1 is 0.812 bits per heavy atom. The summed E-state index contributed by atoms with van der Waals surface area (Å²) in [5.41, 5.74) is 0.956. The number of hydrogen-bond acceptors (Lipinski definition) is 1. The summed E-state index contributed by atoms with van der Waals surface area (Å²) in [6.07, 6.45) is 1.70. The normalized spacial score (nSPS) is 6.12. The van der Waals surface area contributed by atoms with Crippen molar-refractivity contribution in [2.24, 2.45) is 0 Å². The summed E-state index contributed by atoms with van der Waals surface area (Å²) < 4.78 is 27.6. The summed E-state index contributed by atoms with van der Waals surface area (Å²) in [5.74, 6) is 0. The van der Waals surface area contributed by atoms with Crippen molar-refractivity contribution in [1.82, 2.24) is 0 Å². The molecule has 0 spiro atoms. The molecule has 0 bridgehead atoms. The first kappa shape index (κ1) is 20.0. The molecule has 0 fully saturated rings. The maximum Gasteiger partial charge on any atom is 0.133 e. The number of furan rings is 1. The van der Waals surface area contributed by atoms with E-state index in [1.54, 1.807) is 6.26 Å². The second kappa shape index (κ2) is 16.0. The molecule has 2 aromatic rings. The van der Waals surface area contributed by atoms with Gasteiger partial charge in [0.25, 0.3) is 0 Å². The predicted octanol–water partition coefficient (Wildman–Crippen LogP) is 2.32. The summed E-state index contributed by atoms with van der Waals surface area (Å²) in [5, 5.41) is 1.16. The first-order valence-corrected chi connectivity index (χ1v) is 3.50. The van der Waals surface area contributed by atoms with Crippen molar-refractivity contribution in [3.63, 3.8) is 0 Å². The SMILES string of the molecule is [C-]#[O+].[C-]#[O+].[C-]#[O+].[Cr].c1ccc2occc2c1. The summed E-state index contributed by atoms with van der Waals surface area (Å²) >= 11 is 0. The van der Waals surface area contributed by atoms with Crippen LogP contribution in [0.3, 0.4) is 0 Å². The van der Waals surface area contributed by atoms with Crippen molar-refractivity contribution >= 4 is 11.0 Å². The third kappa shape index (κ3) is 6.89. The summed E-state index contributed by atoms with van der Waals surface area (Å²) in [4.78, 5) is 0. The Kier molecular flexibility index (Phi) is 19.9. The topological polar surface area (TPSA) is 72.8 Å². The second-order valence-electron chi connectivity index (χ2n) is 1.96. The largest absolute Gasteiger partial charge is 0.464 e. The Morgan fingerprint density at radius 2 is 1.31 bits per heavy atom. The third-order valence-corrected chi connectivity index (χ3v) is 1.36. The number of hydrogen-bond donors (Lipinski definition) is 0. The van der Waals surface area contributed by atoms with Crippen molar-refractivity contribution in [3.05, 3.63) is 56.5 Å². The Bertz CT molecular complexity index is 383. The molecule has 0 aliphatic rings. The van der Waals surface area contributed by atoms with Gasteiger partial charge in [-0.05, 0) is 12.1 Å². The average Bonchev–Trinajstić information content (AvgIpc) is 2.85. The molecule has 16 heavy (non-hydrogen) atoms. The van der Waals surface area contributed by atoms with Gasteiger partial charge in [0.2, 0.25) is 0 Å². The maximum absolute atomic E-state index is 7.50. The van der Waals surface area contributed by atoms with Gasteiger partial charge in [0.1, 0.15) is 5.58 Å². The minimum Gasteiger partial charge on any atom is -0.464 e. The fraction of sp³-hybridized carbons (Fsp3) is 0. The first-order chi connectivity index (χ1) is 7.47. The molecule has 0 unspecified atom stereocenters. The minimum atomic E-state index is 0. The molecule has 0 aliphatic carbocycles. The molecule has 2 rings (SSSR count). The zero-order chi connectivity index (χ0) is 12.1. The molecule has 0 saturated carbocycles. The van der Waals surface area contributed by atoms with E-state index in [2.05, 4.69) is 20.0 Å².